The van der Waals surface area contributed by atoms with Gasteiger partial charge in [0, 0.05) is 11.7 Å². The molecular weight excluding hydrogens is 350 g/mol. The van der Waals surface area contributed by atoms with E-state index in [9.17, 15) is 0 Å². The second-order valence-corrected chi connectivity index (χ2v) is 7.50. The summed E-state index contributed by atoms with van der Waals surface area (Å²) in [6.45, 7) is 12.9. The fourth-order valence-electron chi connectivity index (χ4n) is 3.49. The smallest absolute Gasteiger partial charge is 0.0301 e. The van der Waals surface area contributed by atoms with E-state index in [4.69, 9.17) is 0 Å². The lowest BCUT2D eigenvalue weighted by atomic mass is 9.96. The maximum atomic E-state index is 4.23. The van der Waals surface area contributed by atoms with Crippen molar-refractivity contribution in [3.8, 4) is 24.0 Å². The zero-order valence-electron chi connectivity index (χ0n) is 18.3. The molecule has 0 aromatic heterocycles. The van der Waals surface area contributed by atoms with E-state index in [0.717, 1.165) is 44.2 Å². The Balaban J connectivity index is 0.00000204. The summed E-state index contributed by atoms with van der Waals surface area (Å²) in [5.41, 5.74) is 6.44. The van der Waals surface area contributed by atoms with Gasteiger partial charge >= 0.3 is 0 Å². The van der Waals surface area contributed by atoms with Crippen molar-refractivity contribution in [3.05, 3.63) is 84.6 Å². The molecule has 2 aromatic rings. The number of terminal acetylenes is 1. The van der Waals surface area contributed by atoms with Crippen LogP contribution in [-0.2, 0) is 6.42 Å². The number of hydrogen-bond donors (Lipinski definition) is 1. The van der Waals surface area contributed by atoms with Crippen molar-refractivity contribution in [1.29, 1.82) is 0 Å². The number of hydrogen-bond acceptors (Lipinski definition) is 1. The molecule has 0 aliphatic carbocycles. The fourth-order valence-corrected chi connectivity index (χ4v) is 3.49. The summed E-state index contributed by atoms with van der Waals surface area (Å²) in [5.74, 6) is 0. The van der Waals surface area contributed by atoms with Crippen LogP contribution in [-0.4, -0.2) is 6.04 Å². The number of nitrogens with one attached hydrogen (secondary N) is 1. The Labute approximate surface area is 179 Å². The van der Waals surface area contributed by atoms with Gasteiger partial charge in [-0.3, -0.25) is 0 Å². The first kappa shape index (κ1) is 24.3. The second-order valence-electron chi connectivity index (χ2n) is 7.50. The molecule has 2 rings (SSSR count). The molecule has 0 amide bonds. The third-order valence-electron chi connectivity index (χ3n) is 4.95. The third-order valence-corrected chi connectivity index (χ3v) is 4.95. The molecule has 1 unspecified atom stereocenters. The van der Waals surface area contributed by atoms with E-state index in [1.165, 1.54) is 28.7 Å². The molecule has 0 heterocycles. The van der Waals surface area contributed by atoms with E-state index in [1.54, 1.807) is 0 Å². The molecule has 1 atom stereocenters. The quantitative estimate of drug-likeness (QED) is 0.293. The summed E-state index contributed by atoms with van der Waals surface area (Å²) in [4.78, 5) is 0. The molecule has 0 radical (unpaired) electrons. The molecular formula is C28H37N. The van der Waals surface area contributed by atoms with E-state index >= 15 is 0 Å². The minimum Gasteiger partial charge on any atom is -0.386 e. The maximum absolute atomic E-state index is 4.23. The Morgan fingerprint density at radius 2 is 1.41 bits per heavy atom. The molecule has 154 valence electrons. The van der Waals surface area contributed by atoms with E-state index in [0.29, 0.717) is 6.04 Å². The molecule has 2 aromatic carbocycles. The highest BCUT2D eigenvalue weighted by atomic mass is 14.9. The van der Waals surface area contributed by atoms with Crippen LogP contribution >= 0.6 is 0 Å². The van der Waals surface area contributed by atoms with Gasteiger partial charge in [0.1, 0.15) is 0 Å². The van der Waals surface area contributed by atoms with Crippen molar-refractivity contribution < 1.29 is 0 Å². The van der Waals surface area contributed by atoms with Crippen molar-refractivity contribution in [2.45, 2.75) is 64.8 Å². The van der Waals surface area contributed by atoms with Crippen LogP contribution < -0.4 is 5.32 Å². The summed E-state index contributed by atoms with van der Waals surface area (Å²) >= 11 is 0. The zero-order valence-corrected chi connectivity index (χ0v) is 18.3. The van der Waals surface area contributed by atoms with E-state index < -0.39 is 0 Å². The Kier molecular flexibility index (Phi) is 12.0. The lowest BCUT2D eigenvalue weighted by molar-refractivity contribution is 0.508. The molecule has 0 spiro atoms. The number of benzene rings is 2. The average molecular weight is 388 g/mol. The Bertz CT molecular complexity index is 737. The van der Waals surface area contributed by atoms with Crippen molar-refractivity contribution >= 4 is 0 Å². The predicted octanol–water partition coefficient (Wildman–Crippen LogP) is 7.55. The lowest BCUT2D eigenvalue weighted by Gasteiger charge is -2.22. The Morgan fingerprint density at radius 3 is 2.00 bits per heavy atom. The highest BCUT2D eigenvalue weighted by Gasteiger charge is 2.11. The van der Waals surface area contributed by atoms with Crippen LogP contribution in [0.3, 0.4) is 0 Å². The van der Waals surface area contributed by atoms with Crippen molar-refractivity contribution in [2.24, 2.45) is 0 Å². The van der Waals surface area contributed by atoms with Crippen molar-refractivity contribution in [3.63, 3.8) is 0 Å². The topological polar surface area (TPSA) is 12.0 Å². The zero-order chi connectivity index (χ0) is 21.5. The minimum atomic E-state index is 0.417. The minimum absolute atomic E-state index is 0.417. The molecule has 0 saturated carbocycles. The molecule has 0 aliphatic rings. The van der Waals surface area contributed by atoms with E-state index in [1.807, 2.05) is 0 Å². The van der Waals surface area contributed by atoms with Gasteiger partial charge < -0.3 is 5.32 Å². The van der Waals surface area contributed by atoms with Crippen LogP contribution in [0.25, 0.3) is 11.1 Å². The van der Waals surface area contributed by atoms with Gasteiger partial charge in [0.2, 0.25) is 0 Å². The highest BCUT2D eigenvalue weighted by Crippen LogP contribution is 2.21. The van der Waals surface area contributed by atoms with Gasteiger partial charge in [-0.15, -0.1) is 12.8 Å². The van der Waals surface area contributed by atoms with Crippen LogP contribution in [0, 0.1) is 12.8 Å². The van der Waals surface area contributed by atoms with Gasteiger partial charge in [-0.2, -0.15) is 0 Å². The van der Waals surface area contributed by atoms with Crippen LogP contribution in [0.2, 0.25) is 0 Å². The molecule has 1 nitrogen and oxygen atoms in total. The van der Waals surface area contributed by atoms with Gasteiger partial charge in [-0.25, -0.2) is 0 Å². The fraction of sp³-hybridized carbons (Fsp3) is 0.357. The third kappa shape index (κ3) is 9.35. The largest absolute Gasteiger partial charge is 0.386 e. The standard InChI is InChI=1S/C26H35N.C2H2/c1-5-10-21(3)14-19-26(27-22(4)11-6-2)20-23-15-17-25(18-16-23)24-12-8-7-9-13-24;1-2/h7-9,12-13,15-18,26-27H,3-6,10-11,14,19-20H2,1-2H3;1-2H. The molecule has 1 N–H and O–H groups in total. The first-order valence-corrected chi connectivity index (χ1v) is 10.7. The SMILES string of the molecule is C#C.C=C(CCC)CCC(Cc1ccc(-c2ccccc2)cc1)NC(=C)CCC. The van der Waals surface area contributed by atoms with Crippen LogP contribution in [0.4, 0.5) is 0 Å². The Morgan fingerprint density at radius 1 is 0.828 bits per heavy atom. The molecule has 1 heteroatoms. The van der Waals surface area contributed by atoms with Crippen LogP contribution in [0.5, 0.6) is 0 Å². The molecule has 0 fully saturated rings. The first-order valence-electron chi connectivity index (χ1n) is 10.7. The van der Waals surface area contributed by atoms with Gasteiger partial charge in [0.15, 0.2) is 0 Å². The lowest BCUT2D eigenvalue weighted by Crippen LogP contribution is -2.30. The predicted molar refractivity (Wildman–Crippen MR) is 130 cm³/mol. The van der Waals surface area contributed by atoms with E-state index in [2.05, 4.69) is 99.8 Å². The van der Waals surface area contributed by atoms with Gasteiger partial charge in [-0.1, -0.05) is 100 Å². The van der Waals surface area contributed by atoms with Crippen molar-refractivity contribution in [2.75, 3.05) is 0 Å². The summed E-state index contributed by atoms with van der Waals surface area (Å²) in [5, 5.41) is 3.67. The molecule has 29 heavy (non-hydrogen) atoms. The van der Waals surface area contributed by atoms with E-state index in [-0.39, 0.29) is 0 Å². The number of rotatable bonds is 12. The monoisotopic (exact) mass is 387 g/mol. The van der Waals surface area contributed by atoms with Gasteiger partial charge in [-0.05, 0) is 48.8 Å². The summed E-state index contributed by atoms with van der Waals surface area (Å²) in [6.07, 6.45) is 15.7. The highest BCUT2D eigenvalue weighted by molar-refractivity contribution is 5.63. The second kappa shape index (κ2) is 14.3. The Hall–Kier alpha value is -2.72. The summed E-state index contributed by atoms with van der Waals surface area (Å²) in [6, 6.07) is 20.0. The molecule has 0 bridgehead atoms. The normalized spacial score (nSPS) is 11.0. The molecule has 0 aliphatic heterocycles. The summed E-state index contributed by atoms with van der Waals surface area (Å²) in [7, 11) is 0. The van der Waals surface area contributed by atoms with Crippen LogP contribution in [0.15, 0.2) is 79.0 Å². The number of allylic oxidation sites excluding steroid dienone is 2. The van der Waals surface area contributed by atoms with Crippen LogP contribution in [0.1, 0.15) is 57.9 Å². The average Bonchev–Trinajstić information content (AvgIpc) is 2.75. The summed E-state index contributed by atoms with van der Waals surface area (Å²) < 4.78 is 0. The van der Waals surface area contributed by atoms with Crippen molar-refractivity contribution in [1.82, 2.24) is 5.32 Å². The first-order chi connectivity index (χ1) is 14.1. The van der Waals surface area contributed by atoms with Gasteiger partial charge in [0.05, 0.1) is 0 Å². The molecule has 0 saturated heterocycles. The maximum Gasteiger partial charge on any atom is 0.0301 e. The van der Waals surface area contributed by atoms with Gasteiger partial charge in [0.25, 0.3) is 0 Å².